The van der Waals surface area contributed by atoms with Gasteiger partial charge in [-0.25, -0.2) is 4.39 Å². The van der Waals surface area contributed by atoms with Crippen molar-refractivity contribution >= 4 is 17.4 Å². The van der Waals surface area contributed by atoms with Crippen molar-refractivity contribution in [1.82, 2.24) is 9.80 Å². The first kappa shape index (κ1) is 24.3. The van der Waals surface area contributed by atoms with E-state index in [0.717, 1.165) is 13.1 Å². The van der Waals surface area contributed by atoms with Crippen molar-refractivity contribution in [3.8, 4) is 11.5 Å². The fourth-order valence-electron chi connectivity index (χ4n) is 4.06. The third kappa shape index (κ3) is 4.71. The predicted octanol–water partition coefficient (Wildman–Crippen LogP) is 3.61. The van der Waals surface area contributed by atoms with Gasteiger partial charge in [-0.1, -0.05) is 32.0 Å². The minimum atomic E-state index is -1.06. The number of likely N-dealkylation sites (N-methyl/N-ethyl adjacent to an activating group) is 1. The van der Waals surface area contributed by atoms with Gasteiger partial charge in [-0.05, 0) is 31.3 Å². The molecule has 0 spiro atoms. The number of halogens is 1. The quantitative estimate of drug-likeness (QED) is 0.353. The second kappa shape index (κ2) is 10.5. The van der Waals surface area contributed by atoms with E-state index >= 15 is 0 Å². The maximum absolute atomic E-state index is 14.9. The average molecular weight is 457 g/mol. The van der Waals surface area contributed by atoms with Crippen LogP contribution in [-0.2, 0) is 9.59 Å². The number of methoxy groups -OCH3 is 2. The van der Waals surface area contributed by atoms with Crippen LogP contribution in [0, 0.1) is 5.82 Å². The molecule has 0 radical (unpaired) electrons. The number of carbonyl (C=O) groups is 2. The smallest absolute Gasteiger partial charge is 0.295 e. The van der Waals surface area contributed by atoms with Crippen LogP contribution in [0.4, 0.5) is 4.39 Å². The molecule has 3 rings (SSSR count). The highest BCUT2D eigenvalue weighted by atomic mass is 19.1. The summed E-state index contributed by atoms with van der Waals surface area (Å²) in [7, 11) is 2.91. The zero-order valence-corrected chi connectivity index (χ0v) is 19.3. The molecule has 1 saturated heterocycles. The normalized spacial score (nSPS) is 17.6. The molecular weight excluding hydrogens is 427 g/mol. The summed E-state index contributed by atoms with van der Waals surface area (Å²) in [6, 6.07) is 9.60. The lowest BCUT2D eigenvalue weighted by Gasteiger charge is -2.28. The van der Waals surface area contributed by atoms with Crippen LogP contribution >= 0.6 is 0 Å². The molecule has 0 aromatic heterocycles. The number of carbonyl (C=O) groups excluding carboxylic acids is 2. The van der Waals surface area contributed by atoms with Crippen LogP contribution in [0.1, 0.15) is 31.0 Å². The Kier molecular flexibility index (Phi) is 7.71. The van der Waals surface area contributed by atoms with E-state index in [-0.39, 0.29) is 29.0 Å². The number of aliphatic hydroxyl groups excluding tert-OH is 1. The van der Waals surface area contributed by atoms with E-state index in [1.165, 1.54) is 43.4 Å². The fraction of sp³-hybridized carbons (Fsp3) is 0.360. The highest BCUT2D eigenvalue weighted by Crippen LogP contribution is 2.42. The number of Topliss-reactive ketones (excluding diaryl/α,β-unsaturated/α-hetero) is 1. The molecule has 1 atom stereocenters. The van der Waals surface area contributed by atoms with Crippen LogP contribution in [0.5, 0.6) is 11.5 Å². The minimum Gasteiger partial charge on any atom is -0.507 e. The molecule has 7 nitrogen and oxygen atoms in total. The summed E-state index contributed by atoms with van der Waals surface area (Å²) in [5.74, 6) is -1.87. The van der Waals surface area contributed by atoms with Crippen molar-refractivity contribution in [2.75, 3.05) is 40.4 Å². The van der Waals surface area contributed by atoms with Gasteiger partial charge in [0, 0.05) is 24.7 Å². The Hall–Kier alpha value is -3.39. The van der Waals surface area contributed by atoms with Gasteiger partial charge in [0.2, 0.25) is 0 Å². The van der Waals surface area contributed by atoms with Gasteiger partial charge in [-0.2, -0.15) is 0 Å². The minimum absolute atomic E-state index is 0.144. The van der Waals surface area contributed by atoms with E-state index in [1.54, 1.807) is 18.2 Å². The maximum atomic E-state index is 14.9. The first-order valence-electron chi connectivity index (χ1n) is 10.8. The third-order valence-electron chi connectivity index (χ3n) is 5.96. The van der Waals surface area contributed by atoms with Crippen LogP contribution in [0.25, 0.3) is 5.76 Å². The van der Waals surface area contributed by atoms with Crippen molar-refractivity contribution in [2.45, 2.75) is 19.9 Å². The summed E-state index contributed by atoms with van der Waals surface area (Å²) >= 11 is 0. The van der Waals surface area contributed by atoms with Crippen LogP contribution < -0.4 is 9.47 Å². The molecule has 1 aliphatic rings. The molecule has 176 valence electrons. The monoisotopic (exact) mass is 456 g/mol. The number of rotatable bonds is 9. The van der Waals surface area contributed by atoms with Gasteiger partial charge in [-0.3, -0.25) is 9.59 Å². The van der Waals surface area contributed by atoms with Gasteiger partial charge in [0.05, 0.1) is 31.4 Å². The van der Waals surface area contributed by atoms with Crippen LogP contribution in [-0.4, -0.2) is 67.0 Å². The van der Waals surface area contributed by atoms with Gasteiger partial charge < -0.3 is 24.4 Å². The summed E-state index contributed by atoms with van der Waals surface area (Å²) in [4.78, 5) is 29.6. The Labute approximate surface area is 193 Å². The summed E-state index contributed by atoms with van der Waals surface area (Å²) in [5, 5.41) is 11.2. The number of ketones is 1. The Morgan fingerprint density at radius 2 is 1.79 bits per heavy atom. The Bertz CT molecular complexity index is 1060. The molecule has 33 heavy (non-hydrogen) atoms. The van der Waals surface area contributed by atoms with Crippen molar-refractivity contribution in [2.24, 2.45) is 0 Å². The largest absolute Gasteiger partial charge is 0.507 e. The number of ether oxygens (including phenoxy) is 2. The van der Waals surface area contributed by atoms with Crippen molar-refractivity contribution in [1.29, 1.82) is 0 Å². The van der Waals surface area contributed by atoms with Crippen molar-refractivity contribution in [3.63, 3.8) is 0 Å². The fourth-order valence-corrected chi connectivity index (χ4v) is 4.06. The standard InChI is InChI=1S/C25H29FN2O5/c1-5-27(6-2)13-14-28-22(17-9-7-8-10-19(17)26)21(24(30)25(28)31)23(29)18-12-11-16(32-3)15-20(18)33-4/h7-12,15,22,29H,5-6,13-14H2,1-4H3/b23-21+. The zero-order valence-electron chi connectivity index (χ0n) is 19.3. The number of hydrogen-bond donors (Lipinski definition) is 1. The third-order valence-corrected chi connectivity index (χ3v) is 5.96. The van der Waals surface area contributed by atoms with Crippen molar-refractivity contribution in [3.05, 3.63) is 65.0 Å². The molecule has 2 aromatic rings. The summed E-state index contributed by atoms with van der Waals surface area (Å²) < 4.78 is 25.4. The Morgan fingerprint density at radius 1 is 1.09 bits per heavy atom. The molecule has 1 fully saturated rings. The first-order valence-corrected chi connectivity index (χ1v) is 10.8. The summed E-state index contributed by atoms with van der Waals surface area (Å²) in [5.41, 5.74) is 0.180. The molecule has 1 unspecified atom stereocenters. The predicted molar refractivity (Wildman–Crippen MR) is 123 cm³/mol. The number of aliphatic hydroxyl groups is 1. The highest BCUT2D eigenvalue weighted by Gasteiger charge is 2.47. The lowest BCUT2D eigenvalue weighted by atomic mass is 9.94. The van der Waals surface area contributed by atoms with E-state index in [1.807, 2.05) is 13.8 Å². The van der Waals surface area contributed by atoms with E-state index in [4.69, 9.17) is 9.47 Å². The molecule has 2 aromatic carbocycles. The lowest BCUT2D eigenvalue weighted by Crippen LogP contribution is -2.38. The first-order chi connectivity index (χ1) is 15.9. The maximum Gasteiger partial charge on any atom is 0.295 e. The Morgan fingerprint density at radius 3 is 2.39 bits per heavy atom. The molecule has 0 saturated carbocycles. The average Bonchev–Trinajstić information content (AvgIpc) is 3.08. The zero-order chi connectivity index (χ0) is 24.1. The van der Waals surface area contributed by atoms with E-state index < -0.39 is 29.3 Å². The van der Waals surface area contributed by atoms with E-state index in [0.29, 0.717) is 12.3 Å². The molecule has 0 aliphatic carbocycles. The Balaban J connectivity index is 2.17. The van der Waals surface area contributed by atoms with Gasteiger partial charge in [-0.15, -0.1) is 0 Å². The van der Waals surface area contributed by atoms with Gasteiger partial charge in [0.15, 0.2) is 0 Å². The highest BCUT2D eigenvalue weighted by molar-refractivity contribution is 6.46. The van der Waals surface area contributed by atoms with E-state index in [9.17, 15) is 19.1 Å². The second-order valence-corrected chi connectivity index (χ2v) is 7.61. The molecule has 0 bridgehead atoms. The molecular formula is C25H29FN2O5. The van der Waals surface area contributed by atoms with Gasteiger partial charge in [0.25, 0.3) is 11.7 Å². The van der Waals surface area contributed by atoms with E-state index in [2.05, 4.69) is 4.90 Å². The number of hydrogen-bond acceptors (Lipinski definition) is 6. The van der Waals surface area contributed by atoms with Gasteiger partial charge in [0.1, 0.15) is 23.1 Å². The summed E-state index contributed by atoms with van der Waals surface area (Å²) in [6.07, 6.45) is 0. The molecule has 1 amide bonds. The molecule has 1 aliphatic heterocycles. The number of amides is 1. The SMILES string of the molecule is CCN(CC)CCN1C(=O)C(=O)/C(=C(/O)c2ccc(OC)cc2OC)C1c1ccccc1F. The van der Waals surface area contributed by atoms with Crippen LogP contribution in [0.3, 0.4) is 0 Å². The second-order valence-electron chi connectivity index (χ2n) is 7.61. The topological polar surface area (TPSA) is 79.3 Å². The number of likely N-dealkylation sites (tertiary alicyclic amines) is 1. The number of benzene rings is 2. The van der Waals surface area contributed by atoms with Gasteiger partial charge >= 0.3 is 0 Å². The molecule has 8 heteroatoms. The van der Waals surface area contributed by atoms with Crippen molar-refractivity contribution < 1.29 is 28.6 Å². The summed E-state index contributed by atoms with van der Waals surface area (Å²) in [6.45, 7) is 6.27. The molecule has 1 N–H and O–H groups in total. The lowest BCUT2D eigenvalue weighted by molar-refractivity contribution is -0.140. The number of nitrogens with zero attached hydrogens (tertiary/aromatic N) is 2. The van der Waals surface area contributed by atoms with Crippen LogP contribution in [0.2, 0.25) is 0 Å². The molecule has 1 heterocycles. The van der Waals surface area contributed by atoms with Crippen LogP contribution in [0.15, 0.2) is 48.0 Å².